The third-order valence-electron chi connectivity index (χ3n) is 3.79. The number of fused-ring (bicyclic) bond motifs is 1. The van der Waals surface area contributed by atoms with Crippen LogP contribution in [0.3, 0.4) is 0 Å². The number of nitrogens with one attached hydrogen (secondary N) is 3. The van der Waals surface area contributed by atoms with Gasteiger partial charge in [0, 0.05) is 31.6 Å². The highest BCUT2D eigenvalue weighted by molar-refractivity contribution is 9.10. The summed E-state index contributed by atoms with van der Waals surface area (Å²) in [7, 11) is 0. The van der Waals surface area contributed by atoms with Gasteiger partial charge in [-0.15, -0.1) is 12.4 Å². The highest BCUT2D eigenvalue weighted by Crippen LogP contribution is 2.38. The van der Waals surface area contributed by atoms with Crippen LogP contribution >= 0.6 is 28.3 Å². The first-order valence-corrected chi connectivity index (χ1v) is 7.80. The van der Waals surface area contributed by atoms with Crippen molar-refractivity contribution in [2.24, 2.45) is 5.92 Å². The molecule has 21 heavy (non-hydrogen) atoms. The Morgan fingerprint density at radius 3 is 2.90 bits per heavy atom. The summed E-state index contributed by atoms with van der Waals surface area (Å²) in [5.41, 5.74) is 7.62. The highest BCUT2D eigenvalue weighted by Gasteiger charge is 2.22. The summed E-state index contributed by atoms with van der Waals surface area (Å²) in [4.78, 5) is 0. The first-order chi connectivity index (χ1) is 9.74. The molecule has 1 fully saturated rings. The third kappa shape index (κ3) is 4.02. The molecular weight excluding hydrogens is 358 g/mol. The molecule has 0 spiro atoms. The zero-order valence-corrected chi connectivity index (χ0v) is 14.4. The second-order valence-corrected chi connectivity index (χ2v) is 6.16. The van der Waals surface area contributed by atoms with Crippen LogP contribution in [0.1, 0.15) is 12.5 Å². The molecule has 2 aliphatic rings. The van der Waals surface area contributed by atoms with E-state index < -0.39 is 0 Å². The van der Waals surface area contributed by atoms with Crippen molar-refractivity contribution < 1.29 is 9.47 Å². The normalized spacial score (nSPS) is 23.7. The number of benzene rings is 1. The Morgan fingerprint density at radius 1 is 1.33 bits per heavy atom. The minimum atomic E-state index is 0. The van der Waals surface area contributed by atoms with Crippen molar-refractivity contribution >= 4 is 28.3 Å². The number of ether oxygens (including phenoxy) is 2. The van der Waals surface area contributed by atoms with Gasteiger partial charge in [-0.3, -0.25) is 10.9 Å². The molecule has 0 amide bonds. The molecule has 118 valence electrons. The summed E-state index contributed by atoms with van der Waals surface area (Å²) >= 11 is 3.55. The fourth-order valence-corrected chi connectivity index (χ4v) is 3.17. The summed E-state index contributed by atoms with van der Waals surface area (Å²) in [6, 6.07) is 4.66. The first kappa shape index (κ1) is 16.8. The molecule has 2 heterocycles. The summed E-state index contributed by atoms with van der Waals surface area (Å²) < 4.78 is 12.2. The second kappa shape index (κ2) is 7.65. The van der Waals surface area contributed by atoms with Gasteiger partial charge in [0.1, 0.15) is 13.2 Å². The van der Waals surface area contributed by atoms with Gasteiger partial charge in [-0.1, -0.05) is 0 Å². The van der Waals surface area contributed by atoms with Crippen molar-refractivity contribution in [2.45, 2.75) is 19.5 Å². The third-order valence-corrected chi connectivity index (χ3v) is 4.38. The molecule has 1 saturated heterocycles. The summed E-state index contributed by atoms with van der Waals surface area (Å²) in [5, 5.41) is 3.51. The van der Waals surface area contributed by atoms with Crippen LogP contribution in [0.25, 0.3) is 0 Å². The van der Waals surface area contributed by atoms with Gasteiger partial charge in [-0.05, 0) is 40.5 Å². The Hall–Kier alpha value is -0.530. The highest BCUT2D eigenvalue weighted by atomic mass is 79.9. The van der Waals surface area contributed by atoms with Crippen molar-refractivity contribution in [3.8, 4) is 11.5 Å². The van der Waals surface area contributed by atoms with E-state index in [1.807, 2.05) is 0 Å². The maximum atomic E-state index is 5.64. The molecule has 0 aliphatic carbocycles. The lowest BCUT2D eigenvalue weighted by atomic mass is 10.0. The van der Waals surface area contributed by atoms with Crippen molar-refractivity contribution in [2.75, 3.05) is 26.3 Å². The zero-order valence-electron chi connectivity index (χ0n) is 11.9. The average molecular weight is 379 g/mol. The molecule has 0 aromatic heterocycles. The molecule has 3 N–H and O–H groups in total. The summed E-state index contributed by atoms with van der Waals surface area (Å²) in [6.07, 6.45) is 0. The minimum Gasteiger partial charge on any atom is -0.486 e. The Bertz CT molecular complexity index is 490. The topological polar surface area (TPSA) is 54.5 Å². The molecular formula is C14H21BrClN3O2. The van der Waals surface area contributed by atoms with Gasteiger partial charge >= 0.3 is 0 Å². The predicted octanol–water partition coefficient (Wildman–Crippen LogP) is 1.84. The number of hydrogen-bond acceptors (Lipinski definition) is 5. The predicted molar refractivity (Wildman–Crippen MR) is 88.2 cm³/mol. The molecule has 0 saturated carbocycles. The lowest BCUT2D eigenvalue weighted by molar-refractivity contribution is 0.170. The van der Waals surface area contributed by atoms with Crippen LogP contribution in [-0.4, -0.2) is 32.3 Å². The van der Waals surface area contributed by atoms with Crippen LogP contribution in [0.15, 0.2) is 16.6 Å². The first-order valence-electron chi connectivity index (χ1n) is 7.01. The van der Waals surface area contributed by atoms with Crippen LogP contribution < -0.4 is 25.6 Å². The van der Waals surface area contributed by atoms with Gasteiger partial charge in [0.05, 0.1) is 4.47 Å². The van der Waals surface area contributed by atoms with Gasteiger partial charge in [0.25, 0.3) is 0 Å². The molecule has 2 aliphatic heterocycles. The molecule has 2 unspecified atom stereocenters. The Morgan fingerprint density at radius 2 is 2.14 bits per heavy atom. The van der Waals surface area contributed by atoms with Crippen molar-refractivity contribution in [1.82, 2.24) is 16.2 Å². The quantitative estimate of drug-likeness (QED) is 0.746. The smallest absolute Gasteiger partial charge is 0.175 e. The van der Waals surface area contributed by atoms with Crippen LogP contribution in [0, 0.1) is 5.92 Å². The van der Waals surface area contributed by atoms with E-state index in [4.69, 9.17) is 9.47 Å². The maximum Gasteiger partial charge on any atom is 0.175 e. The van der Waals surface area contributed by atoms with E-state index in [1.165, 1.54) is 5.56 Å². The lowest BCUT2D eigenvalue weighted by Gasteiger charge is -2.21. The fraction of sp³-hybridized carbons (Fsp3) is 0.571. The number of rotatable bonds is 4. The van der Waals surface area contributed by atoms with E-state index in [1.54, 1.807) is 0 Å². The fourth-order valence-electron chi connectivity index (χ4n) is 2.56. The average Bonchev–Trinajstić information content (AvgIpc) is 2.85. The van der Waals surface area contributed by atoms with Crippen molar-refractivity contribution in [3.05, 3.63) is 22.2 Å². The van der Waals surface area contributed by atoms with E-state index in [2.05, 4.69) is 51.2 Å². The van der Waals surface area contributed by atoms with Crippen molar-refractivity contribution in [1.29, 1.82) is 0 Å². The van der Waals surface area contributed by atoms with Gasteiger partial charge in [-0.25, -0.2) is 0 Å². The minimum absolute atomic E-state index is 0. The molecule has 1 aromatic carbocycles. The molecule has 7 heteroatoms. The zero-order chi connectivity index (χ0) is 13.9. The Kier molecular flexibility index (Phi) is 6.13. The van der Waals surface area contributed by atoms with Gasteiger partial charge in [0.15, 0.2) is 11.5 Å². The van der Waals surface area contributed by atoms with Gasteiger partial charge in [-0.2, -0.15) is 0 Å². The standard InChI is InChI=1S/C14H20BrN3O2.ClH/c1-9-11(8-17-18-9)7-16-6-10-4-12(15)14-13(5-10)19-2-3-20-14;/h4-5,9,11,16-18H,2-3,6-8H2,1H3;1H. The Balaban J connectivity index is 0.00000161. The molecule has 3 rings (SSSR count). The van der Waals surface area contributed by atoms with E-state index >= 15 is 0 Å². The van der Waals surface area contributed by atoms with E-state index in [0.717, 1.165) is 35.6 Å². The molecule has 1 aromatic rings. The molecule has 0 bridgehead atoms. The lowest BCUT2D eigenvalue weighted by Crippen LogP contribution is -2.32. The number of hydrogen-bond donors (Lipinski definition) is 3. The summed E-state index contributed by atoms with van der Waals surface area (Å²) in [5.74, 6) is 2.27. The SMILES string of the molecule is CC1NNCC1CNCc1cc(Br)c2c(c1)OCCO2.Cl. The van der Waals surface area contributed by atoms with Gasteiger partial charge in [0.2, 0.25) is 0 Å². The summed E-state index contributed by atoms with van der Waals surface area (Å²) in [6.45, 7) is 6.27. The van der Waals surface area contributed by atoms with E-state index in [0.29, 0.717) is 25.2 Å². The largest absolute Gasteiger partial charge is 0.486 e. The second-order valence-electron chi connectivity index (χ2n) is 5.31. The molecule has 2 atom stereocenters. The van der Waals surface area contributed by atoms with E-state index in [9.17, 15) is 0 Å². The monoisotopic (exact) mass is 377 g/mol. The molecule has 5 nitrogen and oxygen atoms in total. The number of hydrazine groups is 1. The van der Waals surface area contributed by atoms with Crippen LogP contribution in [0.4, 0.5) is 0 Å². The molecule has 0 radical (unpaired) electrons. The Labute approximate surface area is 139 Å². The van der Waals surface area contributed by atoms with Crippen molar-refractivity contribution in [3.63, 3.8) is 0 Å². The van der Waals surface area contributed by atoms with Gasteiger partial charge < -0.3 is 14.8 Å². The van der Waals surface area contributed by atoms with E-state index in [-0.39, 0.29) is 12.4 Å². The maximum absolute atomic E-state index is 5.64. The van der Waals surface area contributed by atoms with Crippen LogP contribution in [0.5, 0.6) is 11.5 Å². The van der Waals surface area contributed by atoms with Crippen LogP contribution in [0.2, 0.25) is 0 Å². The number of halogens is 2. The van der Waals surface area contributed by atoms with Crippen LogP contribution in [-0.2, 0) is 6.54 Å².